The maximum Gasteiger partial charge on any atom is 0.312 e. The number of hydrogen-bond donors (Lipinski definition) is 0. The van der Waals surface area contributed by atoms with Gasteiger partial charge in [0.05, 0.1) is 12.0 Å². The number of carbonyl (C=O) groups is 1. The molecule has 1 atom stereocenters. The van der Waals surface area contributed by atoms with Gasteiger partial charge in [-0.3, -0.25) is 9.59 Å². The zero-order valence-electron chi connectivity index (χ0n) is 11.7. The van der Waals surface area contributed by atoms with Gasteiger partial charge in [-0.25, -0.2) is 0 Å². The van der Waals surface area contributed by atoms with Gasteiger partial charge in [-0.1, -0.05) is 23.7 Å². The normalized spacial score (nSPS) is 17.3. The summed E-state index contributed by atoms with van der Waals surface area (Å²) in [6, 6.07) is 8.97. The Balaban J connectivity index is 2.24. The first kappa shape index (κ1) is 13.9. The van der Waals surface area contributed by atoms with E-state index in [-0.39, 0.29) is 23.9 Å². The molecule has 0 N–H and O–H groups in total. The molecular weight excluding hydrogens is 290 g/mol. The van der Waals surface area contributed by atoms with Crippen molar-refractivity contribution in [3.63, 3.8) is 0 Å². The van der Waals surface area contributed by atoms with Crippen molar-refractivity contribution >= 4 is 17.6 Å². The third-order valence-electron chi connectivity index (χ3n) is 3.86. The van der Waals surface area contributed by atoms with Crippen LogP contribution in [0, 0.1) is 6.92 Å². The van der Waals surface area contributed by atoms with Crippen LogP contribution in [0.1, 0.15) is 29.2 Å². The average molecular weight is 304 g/mol. The number of fused-ring (bicyclic) bond motifs is 1. The number of hydrogen-bond acceptors (Lipinski definition) is 3. The van der Waals surface area contributed by atoms with E-state index in [0.717, 1.165) is 11.3 Å². The van der Waals surface area contributed by atoms with Crippen molar-refractivity contribution in [3.8, 4) is 5.75 Å². The first-order valence-corrected chi connectivity index (χ1v) is 7.02. The summed E-state index contributed by atoms with van der Waals surface area (Å²) < 4.78 is 6.81. The molecule has 0 bridgehead atoms. The molecule has 0 spiro atoms. The standard InChI is InChI=1S/C16H14ClNO3/c1-9-6-13-15(16(20)18(9)2)12(8-14(19)21-13)10-4-3-5-11(17)7-10/h3-7,12H,8H2,1-2H3. The van der Waals surface area contributed by atoms with Gasteiger partial charge in [0.2, 0.25) is 0 Å². The maximum atomic E-state index is 12.5. The fraction of sp³-hybridized carbons (Fsp3) is 0.250. The van der Waals surface area contributed by atoms with Gasteiger partial charge in [-0.2, -0.15) is 0 Å². The fourth-order valence-corrected chi connectivity index (χ4v) is 2.86. The van der Waals surface area contributed by atoms with Crippen molar-refractivity contribution in [1.82, 2.24) is 4.57 Å². The van der Waals surface area contributed by atoms with E-state index < -0.39 is 0 Å². The van der Waals surface area contributed by atoms with Crippen molar-refractivity contribution in [2.24, 2.45) is 7.05 Å². The van der Waals surface area contributed by atoms with Crippen LogP contribution in [0.4, 0.5) is 0 Å². The summed E-state index contributed by atoms with van der Waals surface area (Å²) in [7, 11) is 1.71. The molecule has 4 nitrogen and oxygen atoms in total. The molecule has 2 heterocycles. The van der Waals surface area contributed by atoms with E-state index in [0.29, 0.717) is 16.3 Å². The summed E-state index contributed by atoms with van der Waals surface area (Å²) >= 11 is 6.02. The number of aryl methyl sites for hydroxylation is 1. The molecule has 0 fully saturated rings. The molecule has 2 aromatic rings. The van der Waals surface area contributed by atoms with Gasteiger partial charge in [0.15, 0.2) is 0 Å². The van der Waals surface area contributed by atoms with E-state index in [9.17, 15) is 9.59 Å². The highest BCUT2D eigenvalue weighted by atomic mass is 35.5. The molecule has 5 heteroatoms. The van der Waals surface area contributed by atoms with Gasteiger partial charge in [0.1, 0.15) is 5.75 Å². The lowest BCUT2D eigenvalue weighted by Crippen LogP contribution is -2.31. The summed E-state index contributed by atoms with van der Waals surface area (Å²) in [5.41, 5.74) is 1.98. The molecule has 108 valence electrons. The van der Waals surface area contributed by atoms with Crippen molar-refractivity contribution in [2.75, 3.05) is 0 Å². The number of esters is 1. The van der Waals surface area contributed by atoms with Crippen LogP contribution in [0.3, 0.4) is 0 Å². The Morgan fingerprint density at radius 3 is 2.76 bits per heavy atom. The zero-order chi connectivity index (χ0) is 15.1. The summed E-state index contributed by atoms with van der Waals surface area (Å²) in [6.07, 6.45) is 0.144. The minimum Gasteiger partial charge on any atom is -0.426 e. The second kappa shape index (κ2) is 5.04. The molecule has 1 aromatic heterocycles. The Morgan fingerprint density at radius 2 is 2.05 bits per heavy atom. The number of benzene rings is 1. The Bertz CT molecular complexity index is 795. The lowest BCUT2D eigenvalue weighted by atomic mass is 9.87. The minimum absolute atomic E-state index is 0.137. The summed E-state index contributed by atoms with van der Waals surface area (Å²) in [6.45, 7) is 1.80. The van der Waals surface area contributed by atoms with Crippen LogP contribution in [0.25, 0.3) is 0 Å². The highest BCUT2D eigenvalue weighted by Crippen LogP contribution is 2.37. The molecule has 3 rings (SSSR count). The quantitative estimate of drug-likeness (QED) is 0.761. The number of aromatic nitrogens is 1. The van der Waals surface area contributed by atoms with Crippen LogP contribution in [-0.2, 0) is 11.8 Å². The molecule has 1 unspecified atom stereocenters. The van der Waals surface area contributed by atoms with E-state index in [1.165, 1.54) is 0 Å². The Labute approximate surface area is 126 Å². The second-order valence-corrected chi connectivity index (χ2v) is 5.65. The monoisotopic (exact) mass is 303 g/mol. The first-order valence-electron chi connectivity index (χ1n) is 6.64. The van der Waals surface area contributed by atoms with Crippen LogP contribution in [0.15, 0.2) is 35.1 Å². The molecule has 1 aliphatic rings. The third-order valence-corrected chi connectivity index (χ3v) is 4.10. The lowest BCUT2D eigenvalue weighted by molar-refractivity contribution is -0.135. The summed E-state index contributed by atoms with van der Waals surface area (Å²) in [5.74, 6) is -0.295. The van der Waals surface area contributed by atoms with Gasteiger partial charge in [0.25, 0.3) is 5.56 Å². The van der Waals surface area contributed by atoms with Crippen LogP contribution < -0.4 is 10.3 Å². The number of halogens is 1. The van der Waals surface area contributed by atoms with Crippen molar-refractivity contribution < 1.29 is 9.53 Å². The van der Waals surface area contributed by atoms with Crippen molar-refractivity contribution in [2.45, 2.75) is 19.3 Å². The zero-order valence-corrected chi connectivity index (χ0v) is 12.5. The Hall–Kier alpha value is -2.07. The molecule has 21 heavy (non-hydrogen) atoms. The van der Waals surface area contributed by atoms with E-state index in [2.05, 4.69) is 0 Å². The van der Waals surface area contributed by atoms with Crippen molar-refractivity contribution in [1.29, 1.82) is 0 Å². The smallest absolute Gasteiger partial charge is 0.312 e. The third kappa shape index (κ3) is 2.36. The minimum atomic E-state index is -0.333. The molecule has 0 aliphatic carbocycles. The number of carbonyl (C=O) groups excluding carboxylic acids is 1. The Kier molecular flexibility index (Phi) is 3.33. The predicted octanol–water partition coefficient (Wildman–Crippen LogP) is 2.79. The van der Waals surface area contributed by atoms with Gasteiger partial charge >= 0.3 is 5.97 Å². The van der Waals surface area contributed by atoms with Crippen LogP contribution in [-0.4, -0.2) is 10.5 Å². The van der Waals surface area contributed by atoms with Crippen LogP contribution >= 0.6 is 11.6 Å². The Morgan fingerprint density at radius 1 is 1.29 bits per heavy atom. The highest BCUT2D eigenvalue weighted by molar-refractivity contribution is 6.30. The number of rotatable bonds is 1. The van der Waals surface area contributed by atoms with E-state index in [1.54, 1.807) is 36.7 Å². The second-order valence-electron chi connectivity index (χ2n) is 5.21. The van der Waals surface area contributed by atoms with Gasteiger partial charge in [-0.15, -0.1) is 0 Å². The van der Waals surface area contributed by atoms with Crippen LogP contribution in [0.5, 0.6) is 5.75 Å². The average Bonchev–Trinajstić information content (AvgIpc) is 2.44. The van der Waals surface area contributed by atoms with E-state index in [4.69, 9.17) is 16.3 Å². The molecule has 0 amide bonds. The van der Waals surface area contributed by atoms with Gasteiger partial charge in [0, 0.05) is 29.7 Å². The van der Waals surface area contributed by atoms with Crippen molar-refractivity contribution in [3.05, 3.63) is 62.5 Å². The van der Waals surface area contributed by atoms with Gasteiger partial charge < -0.3 is 9.30 Å². The molecule has 0 radical (unpaired) electrons. The molecule has 1 aromatic carbocycles. The van der Waals surface area contributed by atoms with E-state index >= 15 is 0 Å². The van der Waals surface area contributed by atoms with Gasteiger partial charge in [-0.05, 0) is 24.6 Å². The summed E-state index contributed by atoms with van der Waals surface area (Å²) in [4.78, 5) is 24.4. The first-order chi connectivity index (χ1) is 9.97. The molecule has 0 saturated carbocycles. The maximum absolute atomic E-state index is 12.5. The molecular formula is C16H14ClNO3. The fourth-order valence-electron chi connectivity index (χ4n) is 2.66. The largest absolute Gasteiger partial charge is 0.426 e. The summed E-state index contributed by atoms with van der Waals surface area (Å²) in [5, 5.41) is 0.580. The highest BCUT2D eigenvalue weighted by Gasteiger charge is 2.32. The number of ether oxygens (including phenoxy) is 1. The molecule has 1 aliphatic heterocycles. The van der Waals surface area contributed by atoms with Crippen LogP contribution in [0.2, 0.25) is 5.02 Å². The topological polar surface area (TPSA) is 48.3 Å². The number of nitrogens with zero attached hydrogens (tertiary/aromatic N) is 1. The predicted molar refractivity (Wildman–Crippen MR) is 80.0 cm³/mol. The number of pyridine rings is 1. The molecule has 0 saturated heterocycles. The van der Waals surface area contributed by atoms with E-state index in [1.807, 2.05) is 12.1 Å². The lowest BCUT2D eigenvalue weighted by Gasteiger charge is -2.25. The SMILES string of the molecule is Cc1cc2c(c(=O)n1C)C(c1cccc(Cl)c1)CC(=O)O2.